The van der Waals surface area contributed by atoms with Gasteiger partial charge in [0, 0.05) is 13.5 Å². The van der Waals surface area contributed by atoms with Crippen LogP contribution in [0.1, 0.15) is 21.7 Å². The summed E-state index contributed by atoms with van der Waals surface area (Å²) >= 11 is 1.45. The molecule has 120 valence electrons. The molecule has 0 spiro atoms. The molecule has 0 aliphatic carbocycles. The van der Waals surface area contributed by atoms with E-state index in [4.69, 9.17) is 9.57 Å². The maximum atomic E-state index is 12.2. The predicted octanol–water partition coefficient (Wildman–Crippen LogP) is 3.02. The van der Waals surface area contributed by atoms with Gasteiger partial charge in [0.05, 0.1) is 24.2 Å². The van der Waals surface area contributed by atoms with Gasteiger partial charge in [-0.15, -0.1) is 11.3 Å². The largest absolute Gasteiger partial charge is 0.497 e. The highest BCUT2D eigenvalue weighted by Crippen LogP contribution is 2.20. The normalized spacial score (nSPS) is 16.6. The van der Waals surface area contributed by atoms with Gasteiger partial charge in [0.25, 0.3) is 5.91 Å². The predicted molar refractivity (Wildman–Crippen MR) is 90.3 cm³/mol. The number of thiophene rings is 1. The average molecular weight is 330 g/mol. The highest BCUT2D eigenvalue weighted by molar-refractivity contribution is 7.12. The van der Waals surface area contributed by atoms with Crippen molar-refractivity contribution in [1.82, 2.24) is 4.90 Å². The van der Waals surface area contributed by atoms with Crippen molar-refractivity contribution in [3.05, 3.63) is 52.2 Å². The minimum absolute atomic E-state index is 0.0153. The summed E-state index contributed by atoms with van der Waals surface area (Å²) in [5.74, 6) is 0.826. The van der Waals surface area contributed by atoms with Crippen LogP contribution < -0.4 is 4.74 Å². The number of rotatable bonds is 5. The van der Waals surface area contributed by atoms with Crippen LogP contribution in [0.3, 0.4) is 0 Å². The van der Waals surface area contributed by atoms with Gasteiger partial charge >= 0.3 is 0 Å². The van der Waals surface area contributed by atoms with Gasteiger partial charge in [0.2, 0.25) is 0 Å². The summed E-state index contributed by atoms with van der Waals surface area (Å²) in [6, 6.07) is 11.4. The Morgan fingerprint density at radius 3 is 2.83 bits per heavy atom. The number of hydrogen-bond acceptors (Lipinski definition) is 5. The minimum atomic E-state index is -0.110. The zero-order valence-electron chi connectivity index (χ0n) is 13.1. The highest BCUT2D eigenvalue weighted by atomic mass is 32.1. The third kappa shape index (κ3) is 3.53. The first-order valence-electron chi connectivity index (χ1n) is 7.33. The number of likely N-dealkylation sites (N-methyl/N-ethyl adjacent to an activating group) is 1. The lowest BCUT2D eigenvalue weighted by molar-refractivity contribution is 0.0485. The van der Waals surface area contributed by atoms with Crippen molar-refractivity contribution >= 4 is 23.0 Å². The number of amides is 1. The average Bonchev–Trinajstić information content (AvgIpc) is 3.26. The molecule has 2 aromatic rings. The fourth-order valence-electron chi connectivity index (χ4n) is 2.46. The standard InChI is InChI=1S/C17H18N2O3S/c1-19(17(20)16-4-3-9-23-16)11-14-10-15(18-22-14)12-5-7-13(21-2)8-6-12/h3-9,14H,10-11H2,1-2H3. The summed E-state index contributed by atoms with van der Waals surface area (Å²) in [6.07, 6.45) is 0.579. The molecule has 0 saturated carbocycles. The molecule has 6 heteroatoms. The van der Waals surface area contributed by atoms with Crippen molar-refractivity contribution in [2.24, 2.45) is 5.16 Å². The van der Waals surface area contributed by atoms with Gasteiger partial charge in [0.15, 0.2) is 6.10 Å². The fourth-order valence-corrected chi connectivity index (χ4v) is 3.17. The van der Waals surface area contributed by atoms with E-state index in [1.165, 1.54) is 11.3 Å². The van der Waals surface area contributed by atoms with Gasteiger partial charge in [-0.1, -0.05) is 11.2 Å². The van der Waals surface area contributed by atoms with Crippen LogP contribution in [0.4, 0.5) is 0 Å². The maximum absolute atomic E-state index is 12.2. The lowest BCUT2D eigenvalue weighted by Crippen LogP contribution is -2.34. The Morgan fingerprint density at radius 1 is 1.39 bits per heavy atom. The number of benzene rings is 1. The van der Waals surface area contributed by atoms with Crippen molar-refractivity contribution < 1.29 is 14.4 Å². The highest BCUT2D eigenvalue weighted by Gasteiger charge is 2.25. The number of carbonyl (C=O) groups excluding carboxylic acids is 1. The topological polar surface area (TPSA) is 51.1 Å². The number of hydrogen-bond donors (Lipinski definition) is 0. The Hall–Kier alpha value is -2.34. The molecule has 1 amide bonds. The monoisotopic (exact) mass is 330 g/mol. The molecule has 0 fully saturated rings. The van der Waals surface area contributed by atoms with Crippen LogP contribution in [0.25, 0.3) is 0 Å². The quantitative estimate of drug-likeness (QED) is 0.847. The first-order valence-corrected chi connectivity index (χ1v) is 8.21. The molecule has 0 saturated heterocycles. The maximum Gasteiger partial charge on any atom is 0.263 e. The molecule has 3 rings (SSSR count). The Kier molecular flexibility index (Phi) is 4.62. The fraction of sp³-hybridized carbons (Fsp3) is 0.294. The molecule has 2 heterocycles. The molecule has 0 N–H and O–H groups in total. The first-order chi connectivity index (χ1) is 11.2. The Labute approximate surface area is 139 Å². The van der Waals surface area contributed by atoms with Crippen molar-refractivity contribution in [3.63, 3.8) is 0 Å². The van der Waals surface area contributed by atoms with E-state index in [0.717, 1.165) is 21.9 Å². The van der Waals surface area contributed by atoms with Crippen molar-refractivity contribution in [1.29, 1.82) is 0 Å². The molecular formula is C17H18N2O3S. The van der Waals surface area contributed by atoms with Crippen LogP contribution in [0.5, 0.6) is 5.75 Å². The van der Waals surface area contributed by atoms with E-state index in [9.17, 15) is 4.79 Å². The Balaban J connectivity index is 1.57. The lowest BCUT2D eigenvalue weighted by atomic mass is 10.0. The zero-order valence-corrected chi connectivity index (χ0v) is 13.9. The van der Waals surface area contributed by atoms with Crippen molar-refractivity contribution in [3.8, 4) is 5.75 Å². The molecule has 1 aliphatic heterocycles. The van der Waals surface area contributed by atoms with Gasteiger partial charge in [-0.25, -0.2) is 0 Å². The van der Waals surface area contributed by atoms with Crippen LogP contribution >= 0.6 is 11.3 Å². The molecule has 1 unspecified atom stereocenters. The van der Waals surface area contributed by atoms with E-state index in [1.807, 2.05) is 41.8 Å². The number of carbonyl (C=O) groups is 1. The lowest BCUT2D eigenvalue weighted by Gasteiger charge is -2.19. The summed E-state index contributed by atoms with van der Waals surface area (Å²) in [6.45, 7) is 0.514. The van der Waals surface area contributed by atoms with E-state index in [2.05, 4.69) is 5.16 Å². The molecule has 1 aromatic heterocycles. The molecular weight excluding hydrogens is 312 g/mol. The second-order valence-corrected chi connectivity index (χ2v) is 6.31. The summed E-state index contributed by atoms with van der Waals surface area (Å²) in [4.78, 5) is 20.1. The smallest absolute Gasteiger partial charge is 0.263 e. The van der Waals surface area contributed by atoms with E-state index < -0.39 is 0 Å². The third-order valence-electron chi connectivity index (χ3n) is 3.71. The molecule has 5 nitrogen and oxygen atoms in total. The molecule has 0 radical (unpaired) electrons. The molecule has 1 aliphatic rings. The van der Waals surface area contributed by atoms with Gasteiger partial charge in [-0.3, -0.25) is 4.79 Å². The summed E-state index contributed by atoms with van der Waals surface area (Å²) in [7, 11) is 3.43. The molecule has 1 atom stereocenters. The van der Waals surface area contributed by atoms with Crippen molar-refractivity contribution in [2.75, 3.05) is 20.7 Å². The van der Waals surface area contributed by atoms with Gasteiger partial charge < -0.3 is 14.5 Å². The number of ether oxygens (including phenoxy) is 1. The zero-order chi connectivity index (χ0) is 16.2. The van der Waals surface area contributed by atoms with Crippen LogP contribution in [0, 0.1) is 0 Å². The Bertz CT molecular complexity index is 695. The second-order valence-electron chi connectivity index (χ2n) is 5.36. The van der Waals surface area contributed by atoms with E-state index in [1.54, 1.807) is 19.1 Å². The van der Waals surface area contributed by atoms with E-state index in [-0.39, 0.29) is 12.0 Å². The summed E-state index contributed by atoms with van der Waals surface area (Å²) in [5.41, 5.74) is 1.91. The van der Waals surface area contributed by atoms with E-state index in [0.29, 0.717) is 13.0 Å². The second kappa shape index (κ2) is 6.83. The van der Waals surface area contributed by atoms with Gasteiger partial charge in [-0.2, -0.15) is 0 Å². The van der Waals surface area contributed by atoms with Crippen molar-refractivity contribution in [2.45, 2.75) is 12.5 Å². The van der Waals surface area contributed by atoms with Crippen LogP contribution in [-0.2, 0) is 4.84 Å². The summed E-state index contributed by atoms with van der Waals surface area (Å²) in [5, 5.41) is 6.06. The summed E-state index contributed by atoms with van der Waals surface area (Å²) < 4.78 is 5.15. The van der Waals surface area contributed by atoms with E-state index >= 15 is 0 Å². The molecule has 23 heavy (non-hydrogen) atoms. The first kappa shape index (κ1) is 15.6. The Morgan fingerprint density at radius 2 is 2.17 bits per heavy atom. The van der Waals surface area contributed by atoms with Crippen LogP contribution in [-0.4, -0.2) is 43.3 Å². The minimum Gasteiger partial charge on any atom is -0.497 e. The van der Waals surface area contributed by atoms with Crippen LogP contribution in [0.2, 0.25) is 0 Å². The number of oxime groups is 1. The molecule has 0 bridgehead atoms. The SMILES string of the molecule is COc1ccc(C2=NOC(CN(C)C(=O)c3cccs3)C2)cc1. The third-order valence-corrected chi connectivity index (χ3v) is 4.57. The number of methoxy groups -OCH3 is 1. The van der Waals surface area contributed by atoms with Gasteiger partial charge in [-0.05, 0) is 41.3 Å². The molecule has 1 aromatic carbocycles. The van der Waals surface area contributed by atoms with Gasteiger partial charge in [0.1, 0.15) is 5.75 Å². The van der Waals surface area contributed by atoms with Crippen LogP contribution in [0.15, 0.2) is 46.9 Å². The number of nitrogens with zero attached hydrogens (tertiary/aromatic N) is 2.